The maximum absolute atomic E-state index is 11.2. The molecular formula is C25H27NO8. The number of rotatable bonds is 10. The van der Waals surface area contributed by atoms with Gasteiger partial charge in [-0.3, -0.25) is 10.1 Å². The van der Waals surface area contributed by atoms with Gasteiger partial charge in [-0.1, -0.05) is 24.3 Å². The van der Waals surface area contributed by atoms with Crippen LogP contribution in [0.1, 0.15) is 22.6 Å². The lowest BCUT2D eigenvalue weighted by molar-refractivity contribution is -0.384. The Hall–Kier alpha value is -4.14. The SMILES string of the molecule is COc1ccc(C(c2ccc([N+](=O)[O-])cc2)c2ccc(OC)c(OC)c2OC)c(OC)c1OC. The number of nitrogens with zero attached hydrogens (tertiary/aromatic N) is 1. The Bertz CT molecular complexity index is 1100. The number of non-ortho nitro benzene ring substituents is 1. The van der Waals surface area contributed by atoms with Crippen LogP contribution in [0.3, 0.4) is 0 Å². The minimum absolute atomic E-state index is 0.0129. The number of ether oxygens (including phenoxy) is 6. The molecule has 0 aromatic heterocycles. The maximum atomic E-state index is 11.2. The molecule has 0 N–H and O–H groups in total. The summed E-state index contributed by atoms with van der Waals surface area (Å²) < 4.78 is 33.6. The highest BCUT2D eigenvalue weighted by molar-refractivity contribution is 5.65. The van der Waals surface area contributed by atoms with Crippen molar-refractivity contribution in [2.75, 3.05) is 42.7 Å². The summed E-state index contributed by atoms with van der Waals surface area (Å²) in [6.07, 6.45) is 0. The Balaban J connectivity index is 2.37. The summed E-state index contributed by atoms with van der Waals surface area (Å²) in [6.45, 7) is 0. The smallest absolute Gasteiger partial charge is 0.269 e. The van der Waals surface area contributed by atoms with Crippen LogP contribution >= 0.6 is 0 Å². The normalized spacial score (nSPS) is 10.6. The van der Waals surface area contributed by atoms with Crippen LogP contribution in [-0.4, -0.2) is 47.6 Å². The van der Waals surface area contributed by atoms with Crippen molar-refractivity contribution in [3.63, 3.8) is 0 Å². The van der Waals surface area contributed by atoms with E-state index >= 15 is 0 Å². The van der Waals surface area contributed by atoms with Crippen molar-refractivity contribution >= 4 is 5.69 Å². The molecule has 0 unspecified atom stereocenters. The molecule has 0 spiro atoms. The van der Waals surface area contributed by atoms with Crippen LogP contribution in [0.15, 0.2) is 48.5 Å². The molecule has 9 heteroatoms. The Morgan fingerprint density at radius 3 is 1.32 bits per heavy atom. The Morgan fingerprint density at radius 2 is 1.00 bits per heavy atom. The van der Waals surface area contributed by atoms with Gasteiger partial charge >= 0.3 is 0 Å². The quantitative estimate of drug-likeness (QED) is 0.237. The van der Waals surface area contributed by atoms with Gasteiger partial charge in [-0.05, 0) is 17.7 Å². The molecule has 0 radical (unpaired) electrons. The Labute approximate surface area is 197 Å². The van der Waals surface area contributed by atoms with Gasteiger partial charge in [0.15, 0.2) is 23.0 Å². The summed E-state index contributed by atoms with van der Waals surface area (Å²) in [5, 5.41) is 11.2. The van der Waals surface area contributed by atoms with Gasteiger partial charge in [0.05, 0.1) is 47.6 Å². The van der Waals surface area contributed by atoms with Crippen molar-refractivity contribution in [1.29, 1.82) is 0 Å². The molecule has 0 heterocycles. The minimum atomic E-state index is -0.467. The average Bonchev–Trinajstić information content (AvgIpc) is 2.87. The number of nitro benzene ring substituents is 1. The lowest BCUT2D eigenvalue weighted by Crippen LogP contribution is -2.10. The van der Waals surface area contributed by atoms with E-state index in [9.17, 15) is 10.1 Å². The van der Waals surface area contributed by atoms with E-state index in [-0.39, 0.29) is 5.69 Å². The zero-order valence-corrected chi connectivity index (χ0v) is 19.9. The standard InChI is InChI=1S/C25H27NO8/c1-29-19-13-11-17(22(31-3)24(19)33-5)21(15-7-9-16(10-8-15)26(27)28)18-12-14-20(30-2)25(34-6)23(18)32-4/h7-14,21H,1-6H3. The predicted molar refractivity (Wildman–Crippen MR) is 126 cm³/mol. The molecule has 0 bridgehead atoms. The van der Waals surface area contributed by atoms with Crippen LogP contribution in [0.25, 0.3) is 0 Å². The van der Waals surface area contributed by atoms with Gasteiger partial charge in [-0.15, -0.1) is 0 Å². The third-order valence-corrected chi connectivity index (χ3v) is 5.53. The van der Waals surface area contributed by atoms with Gasteiger partial charge in [0.1, 0.15) is 0 Å². The van der Waals surface area contributed by atoms with Gasteiger partial charge in [-0.2, -0.15) is 0 Å². The van der Waals surface area contributed by atoms with Crippen LogP contribution in [0.4, 0.5) is 5.69 Å². The van der Waals surface area contributed by atoms with E-state index in [1.54, 1.807) is 52.7 Å². The first-order valence-corrected chi connectivity index (χ1v) is 10.3. The monoisotopic (exact) mass is 469 g/mol. The van der Waals surface area contributed by atoms with E-state index in [0.717, 1.165) is 16.7 Å². The molecule has 34 heavy (non-hydrogen) atoms. The molecule has 180 valence electrons. The topological polar surface area (TPSA) is 98.5 Å². The molecule has 0 aliphatic rings. The van der Waals surface area contributed by atoms with Gasteiger partial charge in [0.2, 0.25) is 11.5 Å². The third kappa shape index (κ3) is 4.36. The van der Waals surface area contributed by atoms with E-state index in [2.05, 4.69) is 0 Å². The molecule has 0 aliphatic heterocycles. The van der Waals surface area contributed by atoms with Gasteiger partial charge < -0.3 is 28.4 Å². The van der Waals surface area contributed by atoms with Crippen molar-refractivity contribution in [2.24, 2.45) is 0 Å². The first-order valence-electron chi connectivity index (χ1n) is 10.3. The first kappa shape index (κ1) is 24.5. The van der Waals surface area contributed by atoms with Gasteiger partial charge in [-0.25, -0.2) is 0 Å². The third-order valence-electron chi connectivity index (χ3n) is 5.53. The van der Waals surface area contributed by atoms with Crippen LogP contribution in [0.5, 0.6) is 34.5 Å². The van der Waals surface area contributed by atoms with Crippen molar-refractivity contribution in [2.45, 2.75) is 5.92 Å². The lowest BCUT2D eigenvalue weighted by atomic mass is 9.83. The number of methoxy groups -OCH3 is 6. The van der Waals surface area contributed by atoms with E-state index in [1.807, 2.05) is 12.1 Å². The number of hydrogen-bond acceptors (Lipinski definition) is 8. The Kier molecular flexibility index (Phi) is 7.68. The number of nitro groups is 1. The van der Waals surface area contributed by atoms with E-state index in [4.69, 9.17) is 28.4 Å². The molecular weight excluding hydrogens is 442 g/mol. The second-order valence-corrected chi connectivity index (χ2v) is 7.13. The van der Waals surface area contributed by atoms with Crippen molar-refractivity contribution < 1.29 is 33.3 Å². The molecule has 0 saturated carbocycles. The van der Waals surface area contributed by atoms with Crippen LogP contribution in [0, 0.1) is 10.1 Å². The highest BCUT2D eigenvalue weighted by Crippen LogP contribution is 2.51. The molecule has 0 amide bonds. The number of benzene rings is 3. The summed E-state index contributed by atoms with van der Waals surface area (Å²) in [5.41, 5.74) is 2.22. The summed E-state index contributed by atoms with van der Waals surface area (Å²) >= 11 is 0. The minimum Gasteiger partial charge on any atom is -0.493 e. The van der Waals surface area contributed by atoms with Crippen LogP contribution in [0.2, 0.25) is 0 Å². The largest absolute Gasteiger partial charge is 0.493 e. The fourth-order valence-corrected chi connectivity index (χ4v) is 4.02. The molecule has 0 aliphatic carbocycles. The summed E-state index contributed by atoms with van der Waals surface area (Å²) in [5.74, 6) is 2.31. The highest BCUT2D eigenvalue weighted by Gasteiger charge is 2.30. The van der Waals surface area contributed by atoms with Crippen molar-refractivity contribution in [3.05, 3.63) is 75.3 Å². The predicted octanol–water partition coefficient (Wildman–Crippen LogP) is 4.83. The highest BCUT2D eigenvalue weighted by atomic mass is 16.6. The molecule has 3 aromatic rings. The summed E-state index contributed by atoms with van der Waals surface area (Å²) in [4.78, 5) is 10.8. The molecule has 9 nitrogen and oxygen atoms in total. The average molecular weight is 469 g/mol. The van der Waals surface area contributed by atoms with E-state index in [1.165, 1.54) is 26.4 Å². The fourth-order valence-electron chi connectivity index (χ4n) is 4.02. The lowest BCUT2D eigenvalue weighted by Gasteiger charge is -2.26. The summed E-state index contributed by atoms with van der Waals surface area (Å²) in [6, 6.07) is 13.6. The van der Waals surface area contributed by atoms with Gasteiger partial charge in [0, 0.05) is 29.2 Å². The molecule has 3 rings (SSSR count). The zero-order valence-electron chi connectivity index (χ0n) is 19.9. The number of hydrogen-bond donors (Lipinski definition) is 0. The van der Waals surface area contributed by atoms with Crippen molar-refractivity contribution in [3.8, 4) is 34.5 Å². The second-order valence-electron chi connectivity index (χ2n) is 7.13. The first-order chi connectivity index (χ1) is 16.4. The molecule has 0 saturated heterocycles. The van der Waals surface area contributed by atoms with Crippen molar-refractivity contribution in [1.82, 2.24) is 0 Å². The zero-order chi connectivity index (χ0) is 24.8. The van der Waals surface area contributed by atoms with Crippen LogP contribution in [-0.2, 0) is 0 Å². The summed E-state index contributed by atoms with van der Waals surface area (Å²) in [7, 11) is 9.23. The maximum Gasteiger partial charge on any atom is 0.269 e. The van der Waals surface area contributed by atoms with Crippen LogP contribution < -0.4 is 28.4 Å². The molecule has 3 aromatic carbocycles. The van der Waals surface area contributed by atoms with E-state index < -0.39 is 10.8 Å². The fraction of sp³-hybridized carbons (Fsp3) is 0.280. The second kappa shape index (κ2) is 10.7. The molecule has 0 fully saturated rings. The molecule has 0 atom stereocenters. The Morgan fingerprint density at radius 1 is 0.588 bits per heavy atom. The van der Waals surface area contributed by atoms with E-state index in [0.29, 0.717) is 34.5 Å². The van der Waals surface area contributed by atoms with Gasteiger partial charge in [0.25, 0.3) is 5.69 Å².